The lowest BCUT2D eigenvalue weighted by Crippen LogP contribution is -2.11. The summed E-state index contributed by atoms with van der Waals surface area (Å²) in [6, 6.07) is 10.5. The average Bonchev–Trinajstić information content (AvgIpc) is 2.47. The van der Waals surface area contributed by atoms with Crippen LogP contribution in [-0.4, -0.2) is 18.6 Å². The highest BCUT2D eigenvalue weighted by molar-refractivity contribution is 5.68. The Morgan fingerprint density at radius 3 is 2.83 bits per heavy atom. The number of aromatic nitrogens is 1. The Morgan fingerprint density at radius 2 is 2.06 bits per heavy atom. The molecule has 0 bridgehead atoms. The summed E-state index contributed by atoms with van der Waals surface area (Å²) in [6.45, 7) is 1.08. The van der Waals surface area contributed by atoms with Crippen LogP contribution in [0.3, 0.4) is 0 Å². The number of methoxy groups -OCH3 is 1. The van der Waals surface area contributed by atoms with E-state index in [1.165, 1.54) is 23.2 Å². The third-order valence-electron chi connectivity index (χ3n) is 3.32. The fourth-order valence-electron chi connectivity index (χ4n) is 2.33. The van der Waals surface area contributed by atoms with Crippen LogP contribution in [0.15, 0.2) is 36.5 Å². The zero-order chi connectivity index (χ0) is 12.4. The zero-order valence-electron chi connectivity index (χ0n) is 10.4. The maximum Gasteiger partial charge on any atom is 0.212 e. The Bertz CT molecular complexity index is 549. The first-order valence-corrected chi connectivity index (χ1v) is 6.24. The number of aryl methyl sites for hydroxylation is 1. The van der Waals surface area contributed by atoms with Gasteiger partial charge in [0.1, 0.15) is 0 Å². The van der Waals surface area contributed by atoms with E-state index in [0.29, 0.717) is 5.88 Å². The van der Waals surface area contributed by atoms with Crippen molar-refractivity contribution in [2.45, 2.75) is 12.8 Å². The number of anilines is 1. The predicted molar refractivity (Wildman–Crippen MR) is 73.0 cm³/mol. The van der Waals surface area contributed by atoms with Crippen LogP contribution >= 0.6 is 0 Å². The monoisotopic (exact) mass is 240 g/mol. The topological polar surface area (TPSA) is 34.1 Å². The molecule has 1 aromatic carbocycles. The van der Waals surface area contributed by atoms with Gasteiger partial charge in [0.25, 0.3) is 0 Å². The molecule has 0 fully saturated rings. The van der Waals surface area contributed by atoms with Crippen LogP contribution in [0.2, 0.25) is 0 Å². The number of nitrogens with zero attached hydrogens (tertiary/aromatic N) is 1. The van der Waals surface area contributed by atoms with E-state index in [2.05, 4.69) is 28.5 Å². The number of ether oxygens (including phenoxy) is 1. The molecule has 3 rings (SSSR count). The standard InChI is InChI=1S/C15H16N2O/c1-18-15-7-5-13(10-17-15)11-4-6-14-12(9-11)3-2-8-16-14/h4-7,9-10,16H,2-3,8H2,1H3. The van der Waals surface area contributed by atoms with E-state index in [1.807, 2.05) is 18.3 Å². The second kappa shape index (κ2) is 4.69. The molecule has 3 heteroatoms. The molecule has 0 aliphatic carbocycles. The zero-order valence-corrected chi connectivity index (χ0v) is 10.4. The lowest BCUT2D eigenvalue weighted by Gasteiger charge is -2.18. The Hall–Kier alpha value is -2.03. The largest absolute Gasteiger partial charge is 0.481 e. The quantitative estimate of drug-likeness (QED) is 0.875. The molecule has 92 valence electrons. The predicted octanol–water partition coefficient (Wildman–Crippen LogP) is 3.12. The third kappa shape index (κ3) is 2.04. The molecule has 18 heavy (non-hydrogen) atoms. The lowest BCUT2D eigenvalue weighted by molar-refractivity contribution is 0.398. The summed E-state index contributed by atoms with van der Waals surface area (Å²) >= 11 is 0. The summed E-state index contributed by atoms with van der Waals surface area (Å²) in [4.78, 5) is 4.25. The van der Waals surface area contributed by atoms with Gasteiger partial charge in [-0.25, -0.2) is 4.98 Å². The van der Waals surface area contributed by atoms with Crippen LogP contribution in [-0.2, 0) is 6.42 Å². The smallest absolute Gasteiger partial charge is 0.212 e. The summed E-state index contributed by atoms with van der Waals surface area (Å²) in [5.74, 6) is 0.651. The normalized spacial score (nSPS) is 13.6. The first kappa shape index (κ1) is 11.1. The van der Waals surface area contributed by atoms with E-state index in [1.54, 1.807) is 7.11 Å². The summed E-state index contributed by atoms with van der Waals surface area (Å²) in [5.41, 5.74) is 5.01. The molecule has 1 aliphatic heterocycles. The minimum absolute atomic E-state index is 0.651. The highest BCUT2D eigenvalue weighted by Crippen LogP contribution is 2.28. The van der Waals surface area contributed by atoms with Gasteiger partial charge in [-0.3, -0.25) is 0 Å². The van der Waals surface area contributed by atoms with Crippen molar-refractivity contribution in [1.82, 2.24) is 4.98 Å². The minimum atomic E-state index is 0.651. The van der Waals surface area contributed by atoms with Crippen molar-refractivity contribution in [2.75, 3.05) is 19.0 Å². The summed E-state index contributed by atoms with van der Waals surface area (Å²) in [7, 11) is 1.63. The van der Waals surface area contributed by atoms with Crippen molar-refractivity contribution in [3.63, 3.8) is 0 Å². The molecule has 0 spiro atoms. The van der Waals surface area contributed by atoms with Crippen molar-refractivity contribution in [2.24, 2.45) is 0 Å². The summed E-state index contributed by atoms with van der Waals surface area (Å²) < 4.78 is 5.07. The maximum atomic E-state index is 5.07. The molecule has 0 saturated carbocycles. The van der Waals surface area contributed by atoms with Gasteiger partial charge in [-0.2, -0.15) is 0 Å². The first-order valence-electron chi connectivity index (χ1n) is 6.24. The Kier molecular flexibility index (Phi) is 2.89. The van der Waals surface area contributed by atoms with Crippen molar-refractivity contribution in [3.8, 4) is 17.0 Å². The minimum Gasteiger partial charge on any atom is -0.481 e. The molecule has 0 unspecified atom stereocenters. The van der Waals surface area contributed by atoms with Gasteiger partial charge in [0.15, 0.2) is 0 Å². The van der Waals surface area contributed by atoms with Gasteiger partial charge < -0.3 is 10.1 Å². The molecular formula is C15H16N2O. The van der Waals surface area contributed by atoms with Gasteiger partial charge in [-0.15, -0.1) is 0 Å². The maximum absolute atomic E-state index is 5.07. The van der Waals surface area contributed by atoms with Crippen LogP contribution in [0.5, 0.6) is 5.88 Å². The molecule has 2 heterocycles. The van der Waals surface area contributed by atoms with Gasteiger partial charge in [0.05, 0.1) is 7.11 Å². The highest BCUT2D eigenvalue weighted by Gasteiger charge is 2.09. The van der Waals surface area contributed by atoms with Crippen LogP contribution in [0.1, 0.15) is 12.0 Å². The second-order valence-electron chi connectivity index (χ2n) is 4.49. The fourth-order valence-corrected chi connectivity index (χ4v) is 2.33. The lowest BCUT2D eigenvalue weighted by atomic mass is 9.98. The molecular weight excluding hydrogens is 224 g/mol. The molecule has 0 radical (unpaired) electrons. The van der Waals surface area contributed by atoms with E-state index >= 15 is 0 Å². The molecule has 1 N–H and O–H groups in total. The van der Waals surface area contributed by atoms with Crippen LogP contribution in [0.4, 0.5) is 5.69 Å². The van der Waals surface area contributed by atoms with Gasteiger partial charge in [0.2, 0.25) is 5.88 Å². The molecule has 0 atom stereocenters. The average molecular weight is 240 g/mol. The molecule has 0 saturated heterocycles. The number of hydrogen-bond acceptors (Lipinski definition) is 3. The number of nitrogens with one attached hydrogen (secondary N) is 1. The molecule has 1 aliphatic rings. The van der Waals surface area contributed by atoms with E-state index in [9.17, 15) is 0 Å². The van der Waals surface area contributed by atoms with Crippen molar-refractivity contribution in [3.05, 3.63) is 42.1 Å². The molecule has 0 amide bonds. The molecule has 3 nitrogen and oxygen atoms in total. The number of hydrogen-bond donors (Lipinski definition) is 1. The van der Waals surface area contributed by atoms with Crippen LogP contribution < -0.4 is 10.1 Å². The Labute approximate surface area is 107 Å². The van der Waals surface area contributed by atoms with Crippen LogP contribution in [0.25, 0.3) is 11.1 Å². The number of benzene rings is 1. The van der Waals surface area contributed by atoms with E-state index in [4.69, 9.17) is 4.74 Å². The number of rotatable bonds is 2. The molecule has 2 aromatic rings. The van der Waals surface area contributed by atoms with E-state index in [-0.39, 0.29) is 0 Å². The highest BCUT2D eigenvalue weighted by atomic mass is 16.5. The summed E-state index contributed by atoms with van der Waals surface area (Å²) in [6.07, 6.45) is 4.22. The number of fused-ring (bicyclic) bond motifs is 1. The van der Waals surface area contributed by atoms with E-state index < -0.39 is 0 Å². The van der Waals surface area contributed by atoms with Gasteiger partial charge in [-0.1, -0.05) is 6.07 Å². The van der Waals surface area contributed by atoms with Gasteiger partial charge in [-0.05, 0) is 42.2 Å². The van der Waals surface area contributed by atoms with Crippen molar-refractivity contribution in [1.29, 1.82) is 0 Å². The molecule has 1 aromatic heterocycles. The fraction of sp³-hybridized carbons (Fsp3) is 0.267. The third-order valence-corrected chi connectivity index (χ3v) is 3.32. The van der Waals surface area contributed by atoms with Crippen LogP contribution in [0, 0.1) is 0 Å². The Morgan fingerprint density at radius 1 is 1.17 bits per heavy atom. The summed E-state index contributed by atoms with van der Waals surface area (Å²) in [5, 5.41) is 3.42. The Balaban J connectivity index is 1.95. The SMILES string of the molecule is COc1ccc(-c2ccc3c(c2)CCCN3)cn1. The van der Waals surface area contributed by atoms with Crippen molar-refractivity contribution >= 4 is 5.69 Å². The first-order chi connectivity index (χ1) is 8.86. The number of pyridine rings is 1. The van der Waals surface area contributed by atoms with Crippen molar-refractivity contribution < 1.29 is 4.74 Å². The van der Waals surface area contributed by atoms with Gasteiger partial charge >= 0.3 is 0 Å². The van der Waals surface area contributed by atoms with E-state index in [0.717, 1.165) is 18.5 Å². The second-order valence-corrected chi connectivity index (χ2v) is 4.49. The van der Waals surface area contributed by atoms with Gasteiger partial charge in [0, 0.05) is 30.1 Å².